The summed E-state index contributed by atoms with van der Waals surface area (Å²) in [5, 5.41) is 8.24. The maximum Gasteiger partial charge on any atom is 0.134 e. The first-order valence-electron chi connectivity index (χ1n) is 3.90. The van der Waals surface area contributed by atoms with Gasteiger partial charge in [0.15, 0.2) is 0 Å². The van der Waals surface area contributed by atoms with Crippen molar-refractivity contribution in [3.63, 3.8) is 0 Å². The van der Waals surface area contributed by atoms with Crippen molar-refractivity contribution in [2.45, 2.75) is 25.6 Å². The van der Waals surface area contributed by atoms with E-state index in [0.29, 0.717) is 0 Å². The zero-order valence-corrected chi connectivity index (χ0v) is 7.39. The predicted molar refractivity (Wildman–Crippen MR) is 45.6 cm³/mol. The Morgan fingerprint density at radius 3 is 3.27 bits per heavy atom. The van der Waals surface area contributed by atoms with Gasteiger partial charge in [-0.3, -0.25) is 0 Å². The maximum absolute atomic E-state index is 4.13. The van der Waals surface area contributed by atoms with Crippen LogP contribution in [0.3, 0.4) is 0 Å². The maximum atomic E-state index is 4.13. The minimum atomic E-state index is 0.994. The second-order valence-corrected chi connectivity index (χ2v) is 3.68. The molecule has 0 spiro atoms. The van der Waals surface area contributed by atoms with Gasteiger partial charge in [0, 0.05) is 18.6 Å². The highest BCUT2D eigenvalue weighted by Gasteiger charge is 2.13. The molecule has 0 aliphatic carbocycles. The molecule has 2 heterocycles. The zero-order valence-electron chi connectivity index (χ0n) is 6.58. The summed E-state index contributed by atoms with van der Waals surface area (Å²) in [5.41, 5.74) is 0. The minimum absolute atomic E-state index is 0.994. The Bertz CT molecular complexity index is 243. The van der Waals surface area contributed by atoms with Crippen LogP contribution >= 0.6 is 11.8 Å². The van der Waals surface area contributed by atoms with Crippen LogP contribution in [0, 0.1) is 0 Å². The number of aromatic nitrogens is 3. The molecule has 0 amide bonds. The van der Waals surface area contributed by atoms with E-state index in [9.17, 15) is 0 Å². The fourth-order valence-corrected chi connectivity index (χ4v) is 2.22. The average molecular weight is 169 g/mol. The van der Waals surface area contributed by atoms with Crippen LogP contribution in [0.2, 0.25) is 0 Å². The summed E-state index contributed by atoms with van der Waals surface area (Å²) in [6.07, 6.45) is 2.07. The van der Waals surface area contributed by atoms with Crippen LogP contribution in [0.4, 0.5) is 0 Å². The van der Waals surface area contributed by atoms with E-state index in [1.54, 1.807) is 0 Å². The van der Waals surface area contributed by atoms with Crippen LogP contribution in [0.25, 0.3) is 0 Å². The molecule has 0 unspecified atom stereocenters. The molecule has 0 bridgehead atoms. The van der Waals surface area contributed by atoms with Gasteiger partial charge in [0.05, 0.1) is 5.88 Å². The number of fused-ring (bicyclic) bond motifs is 1. The first kappa shape index (κ1) is 7.16. The van der Waals surface area contributed by atoms with Crippen molar-refractivity contribution in [1.82, 2.24) is 14.8 Å². The third-order valence-electron chi connectivity index (χ3n) is 1.91. The largest absolute Gasteiger partial charge is 0.305 e. The number of nitrogens with zero attached hydrogens (tertiary/aromatic N) is 3. The summed E-state index contributed by atoms with van der Waals surface area (Å²) in [4.78, 5) is 0. The van der Waals surface area contributed by atoms with Gasteiger partial charge < -0.3 is 4.57 Å². The topological polar surface area (TPSA) is 30.7 Å². The summed E-state index contributed by atoms with van der Waals surface area (Å²) >= 11 is 1.95. The molecule has 1 aromatic heterocycles. The SMILES string of the molecule is CCc1nnc2n1CSCC2. The van der Waals surface area contributed by atoms with E-state index in [-0.39, 0.29) is 0 Å². The number of aryl methyl sites for hydroxylation is 2. The Balaban J connectivity index is 2.38. The first-order chi connectivity index (χ1) is 5.42. The molecule has 1 aliphatic heterocycles. The highest BCUT2D eigenvalue weighted by Crippen LogP contribution is 2.17. The second-order valence-electron chi connectivity index (χ2n) is 2.60. The van der Waals surface area contributed by atoms with Crippen molar-refractivity contribution in [1.29, 1.82) is 0 Å². The molecule has 4 heteroatoms. The lowest BCUT2D eigenvalue weighted by atomic mass is 10.4. The first-order valence-corrected chi connectivity index (χ1v) is 5.06. The van der Waals surface area contributed by atoms with E-state index < -0.39 is 0 Å². The van der Waals surface area contributed by atoms with Crippen LogP contribution < -0.4 is 0 Å². The molecule has 0 radical (unpaired) electrons. The Labute approximate surface area is 70.2 Å². The summed E-state index contributed by atoms with van der Waals surface area (Å²) in [6, 6.07) is 0. The fraction of sp³-hybridized carbons (Fsp3) is 0.714. The molecule has 0 N–H and O–H groups in total. The lowest BCUT2D eigenvalue weighted by molar-refractivity contribution is 0.732. The third kappa shape index (κ3) is 1.15. The Hall–Kier alpha value is -0.510. The zero-order chi connectivity index (χ0) is 7.68. The van der Waals surface area contributed by atoms with Gasteiger partial charge in [0.2, 0.25) is 0 Å². The van der Waals surface area contributed by atoms with Crippen LogP contribution in [-0.4, -0.2) is 20.5 Å². The van der Waals surface area contributed by atoms with Gasteiger partial charge in [-0.05, 0) is 0 Å². The van der Waals surface area contributed by atoms with Crippen LogP contribution in [0.15, 0.2) is 0 Å². The number of thioether (sulfide) groups is 1. The summed E-state index contributed by atoms with van der Waals surface area (Å²) < 4.78 is 2.23. The van der Waals surface area contributed by atoms with Crippen LogP contribution in [0.1, 0.15) is 18.6 Å². The highest BCUT2D eigenvalue weighted by molar-refractivity contribution is 7.98. The fourth-order valence-electron chi connectivity index (χ4n) is 1.29. The molecule has 0 saturated carbocycles. The van der Waals surface area contributed by atoms with Crippen molar-refractivity contribution in [3.8, 4) is 0 Å². The Morgan fingerprint density at radius 1 is 1.55 bits per heavy atom. The lowest BCUT2D eigenvalue weighted by Crippen LogP contribution is -2.11. The summed E-state index contributed by atoms with van der Waals surface area (Å²) in [7, 11) is 0. The van der Waals surface area contributed by atoms with Crippen molar-refractivity contribution < 1.29 is 0 Å². The molecule has 60 valence electrons. The van der Waals surface area contributed by atoms with Gasteiger partial charge in [-0.2, -0.15) is 0 Å². The highest BCUT2D eigenvalue weighted by atomic mass is 32.2. The minimum Gasteiger partial charge on any atom is -0.305 e. The van der Waals surface area contributed by atoms with Gasteiger partial charge in [-0.25, -0.2) is 0 Å². The number of hydrogen-bond acceptors (Lipinski definition) is 3. The normalized spacial score (nSPS) is 16.5. The molecule has 11 heavy (non-hydrogen) atoms. The van der Waals surface area contributed by atoms with Crippen molar-refractivity contribution in [2.24, 2.45) is 0 Å². The quantitative estimate of drug-likeness (QED) is 0.630. The standard InChI is InChI=1S/C7H11N3S/c1-2-6-8-9-7-3-4-11-5-10(6)7/h2-5H2,1H3. The Morgan fingerprint density at radius 2 is 2.45 bits per heavy atom. The molecule has 3 nitrogen and oxygen atoms in total. The average Bonchev–Trinajstić information content (AvgIpc) is 2.47. The Kier molecular flexibility index (Phi) is 1.85. The number of hydrogen-bond donors (Lipinski definition) is 0. The van der Waals surface area contributed by atoms with E-state index in [4.69, 9.17) is 0 Å². The number of rotatable bonds is 1. The smallest absolute Gasteiger partial charge is 0.134 e. The molecule has 2 rings (SSSR count). The van der Waals surface area contributed by atoms with Crippen LogP contribution in [-0.2, 0) is 18.7 Å². The summed E-state index contributed by atoms with van der Waals surface area (Å²) in [5.74, 6) is 4.54. The van der Waals surface area contributed by atoms with Crippen LogP contribution in [0.5, 0.6) is 0 Å². The lowest BCUT2D eigenvalue weighted by Gasteiger charge is -2.13. The molecule has 0 fully saturated rings. The second kappa shape index (κ2) is 2.85. The van der Waals surface area contributed by atoms with Gasteiger partial charge in [-0.15, -0.1) is 22.0 Å². The van der Waals surface area contributed by atoms with Gasteiger partial charge in [0.1, 0.15) is 11.6 Å². The molecule has 1 aromatic rings. The van der Waals surface area contributed by atoms with Gasteiger partial charge in [0.25, 0.3) is 0 Å². The van der Waals surface area contributed by atoms with Crippen molar-refractivity contribution >= 4 is 11.8 Å². The van der Waals surface area contributed by atoms with Crippen molar-refractivity contribution in [2.75, 3.05) is 5.75 Å². The molecule has 0 saturated heterocycles. The molecular formula is C7H11N3S. The third-order valence-corrected chi connectivity index (χ3v) is 2.84. The summed E-state index contributed by atoms with van der Waals surface area (Å²) in [6.45, 7) is 2.12. The molecule has 1 aliphatic rings. The molecule has 0 aromatic carbocycles. The van der Waals surface area contributed by atoms with E-state index in [0.717, 1.165) is 24.5 Å². The van der Waals surface area contributed by atoms with E-state index >= 15 is 0 Å². The predicted octanol–water partition coefficient (Wildman–Crippen LogP) is 1.09. The molecular weight excluding hydrogens is 158 g/mol. The van der Waals surface area contributed by atoms with Crippen molar-refractivity contribution in [3.05, 3.63) is 11.6 Å². The monoisotopic (exact) mass is 169 g/mol. The van der Waals surface area contributed by atoms with E-state index in [1.165, 1.54) is 11.6 Å². The van der Waals surface area contributed by atoms with E-state index in [2.05, 4.69) is 21.7 Å². The molecule has 0 atom stereocenters. The van der Waals surface area contributed by atoms with Gasteiger partial charge >= 0.3 is 0 Å². The van der Waals surface area contributed by atoms with E-state index in [1.807, 2.05) is 11.8 Å². The van der Waals surface area contributed by atoms with Gasteiger partial charge in [-0.1, -0.05) is 6.92 Å².